The fraction of sp³-hybridized carbons (Fsp3) is 0.409. The van der Waals surface area contributed by atoms with Crippen molar-refractivity contribution in [3.8, 4) is 0 Å². The van der Waals surface area contributed by atoms with Crippen LogP contribution < -0.4 is 0 Å². The summed E-state index contributed by atoms with van der Waals surface area (Å²) in [6.07, 6.45) is 3.81. The van der Waals surface area contributed by atoms with E-state index >= 15 is 0 Å². The first-order chi connectivity index (χ1) is 12.3. The highest BCUT2D eigenvalue weighted by Gasteiger charge is 2.62. The van der Waals surface area contributed by atoms with Crippen LogP contribution in [0.25, 0.3) is 0 Å². The summed E-state index contributed by atoms with van der Waals surface area (Å²) in [6, 6.07) is 19.4. The third kappa shape index (κ3) is 2.05. The lowest BCUT2D eigenvalue weighted by Crippen LogP contribution is -2.52. The zero-order valence-corrected chi connectivity index (χ0v) is 14.7. The van der Waals surface area contributed by atoms with Gasteiger partial charge in [-0.3, -0.25) is 4.90 Å². The predicted octanol–water partition coefficient (Wildman–Crippen LogP) is 4.49. The second-order valence-electron chi connectivity index (χ2n) is 7.53. The number of hydrogen-bond donors (Lipinski definition) is 0. The van der Waals surface area contributed by atoms with E-state index < -0.39 is 5.72 Å². The van der Waals surface area contributed by atoms with Gasteiger partial charge in [-0.2, -0.15) is 0 Å². The second kappa shape index (κ2) is 5.70. The zero-order valence-electron chi connectivity index (χ0n) is 14.7. The molecule has 1 saturated heterocycles. The molecular weight excluding hydrogens is 308 g/mol. The van der Waals surface area contributed by atoms with E-state index in [4.69, 9.17) is 4.84 Å². The predicted molar refractivity (Wildman–Crippen MR) is 99.5 cm³/mol. The minimum absolute atomic E-state index is 0.255. The Labute approximate surface area is 149 Å². The lowest BCUT2D eigenvalue weighted by atomic mass is 9.82. The molecule has 2 aromatic rings. The average molecular weight is 332 g/mol. The molecule has 5 rings (SSSR count). The van der Waals surface area contributed by atoms with Crippen LogP contribution in [-0.4, -0.2) is 23.7 Å². The van der Waals surface area contributed by atoms with Crippen LogP contribution in [0.1, 0.15) is 48.8 Å². The van der Waals surface area contributed by atoms with Gasteiger partial charge in [-0.25, -0.2) is 0 Å². The Balaban J connectivity index is 1.66. The summed E-state index contributed by atoms with van der Waals surface area (Å²) in [7, 11) is 0. The molecule has 3 atom stereocenters. The van der Waals surface area contributed by atoms with E-state index in [1.165, 1.54) is 36.0 Å². The SMILES string of the molecule is C[C@H]1c2ccccc2[C@]2(N3CCCCC3)ON=C(c3ccccc3)[C@H]12. The molecule has 2 aromatic carbocycles. The van der Waals surface area contributed by atoms with Gasteiger partial charge < -0.3 is 4.84 Å². The molecule has 3 heteroatoms. The minimum atomic E-state index is -0.415. The summed E-state index contributed by atoms with van der Waals surface area (Å²) in [4.78, 5) is 8.94. The van der Waals surface area contributed by atoms with Gasteiger partial charge in [0.15, 0.2) is 0 Å². The van der Waals surface area contributed by atoms with Gasteiger partial charge in [0.2, 0.25) is 5.72 Å². The van der Waals surface area contributed by atoms with Crippen molar-refractivity contribution >= 4 is 5.71 Å². The highest BCUT2D eigenvalue weighted by molar-refractivity contribution is 6.04. The Hall–Kier alpha value is -2.13. The van der Waals surface area contributed by atoms with Crippen molar-refractivity contribution in [1.82, 2.24) is 4.90 Å². The highest BCUT2D eigenvalue weighted by Crippen LogP contribution is 2.57. The first kappa shape index (κ1) is 15.2. The van der Waals surface area contributed by atoms with Crippen molar-refractivity contribution in [2.45, 2.75) is 37.8 Å². The van der Waals surface area contributed by atoms with E-state index in [9.17, 15) is 0 Å². The lowest BCUT2D eigenvalue weighted by molar-refractivity contribution is -0.170. The van der Waals surface area contributed by atoms with Crippen LogP contribution in [0.4, 0.5) is 0 Å². The molecule has 0 aromatic heterocycles. The molecule has 0 bridgehead atoms. The number of benzene rings is 2. The molecule has 0 radical (unpaired) electrons. The summed E-state index contributed by atoms with van der Waals surface area (Å²) >= 11 is 0. The van der Waals surface area contributed by atoms with Crippen molar-refractivity contribution in [3.63, 3.8) is 0 Å². The van der Waals surface area contributed by atoms with Gasteiger partial charge in [0.1, 0.15) is 0 Å². The second-order valence-corrected chi connectivity index (χ2v) is 7.53. The number of piperidine rings is 1. The van der Waals surface area contributed by atoms with Crippen LogP contribution in [0.3, 0.4) is 0 Å². The molecule has 3 nitrogen and oxygen atoms in total. The van der Waals surface area contributed by atoms with E-state index in [-0.39, 0.29) is 5.92 Å². The quantitative estimate of drug-likeness (QED) is 0.809. The maximum absolute atomic E-state index is 6.38. The zero-order chi connectivity index (χ0) is 16.9. The van der Waals surface area contributed by atoms with E-state index in [1.54, 1.807) is 0 Å². The Kier molecular flexibility index (Phi) is 3.46. The topological polar surface area (TPSA) is 24.8 Å². The Morgan fingerprint density at radius 3 is 2.48 bits per heavy atom. The molecule has 1 fully saturated rings. The Bertz CT molecular complexity index is 810. The molecule has 3 aliphatic rings. The van der Waals surface area contributed by atoms with Crippen LogP contribution in [0.2, 0.25) is 0 Å². The first-order valence-electron chi connectivity index (χ1n) is 9.48. The molecule has 0 N–H and O–H groups in total. The molecule has 2 aliphatic heterocycles. The van der Waals surface area contributed by atoms with Crippen LogP contribution in [0, 0.1) is 5.92 Å². The number of nitrogens with zero attached hydrogens (tertiary/aromatic N) is 2. The van der Waals surface area contributed by atoms with E-state index in [2.05, 4.69) is 71.6 Å². The van der Waals surface area contributed by atoms with Crippen molar-refractivity contribution in [1.29, 1.82) is 0 Å². The first-order valence-corrected chi connectivity index (χ1v) is 9.48. The summed E-state index contributed by atoms with van der Waals surface area (Å²) in [5.41, 5.74) is 4.62. The Morgan fingerprint density at radius 2 is 1.68 bits per heavy atom. The number of fused-ring (bicyclic) bond motifs is 3. The van der Waals surface area contributed by atoms with Crippen LogP contribution in [0.15, 0.2) is 59.8 Å². The highest BCUT2D eigenvalue weighted by atomic mass is 16.7. The summed E-state index contributed by atoms with van der Waals surface area (Å²) in [5.74, 6) is 0.657. The standard InChI is InChI=1S/C22H24N2O/c1-16-18-12-6-7-13-19(18)22(24-14-8-3-9-15-24)20(16)21(23-25-22)17-10-4-2-5-11-17/h2,4-7,10-13,16,20H,3,8-9,14-15H2,1H3/t16-,20-,22-/m0/s1. The molecule has 25 heavy (non-hydrogen) atoms. The summed E-state index contributed by atoms with van der Waals surface area (Å²) in [5, 5.41) is 4.66. The average Bonchev–Trinajstić information content (AvgIpc) is 3.20. The monoisotopic (exact) mass is 332 g/mol. The molecule has 2 heterocycles. The Morgan fingerprint density at radius 1 is 0.960 bits per heavy atom. The van der Waals surface area contributed by atoms with E-state index in [0.717, 1.165) is 18.8 Å². The minimum Gasteiger partial charge on any atom is -0.367 e. The summed E-state index contributed by atoms with van der Waals surface area (Å²) in [6.45, 7) is 4.52. The number of hydrogen-bond acceptors (Lipinski definition) is 3. The molecule has 0 amide bonds. The fourth-order valence-corrected chi connectivity index (χ4v) is 5.10. The smallest absolute Gasteiger partial charge is 0.226 e. The van der Waals surface area contributed by atoms with Gasteiger partial charge in [0.25, 0.3) is 0 Å². The van der Waals surface area contributed by atoms with Crippen molar-refractivity contribution in [2.24, 2.45) is 11.1 Å². The van der Waals surface area contributed by atoms with E-state index in [0.29, 0.717) is 5.92 Å². The molecule has 0 saturated carbocycles. The maximum Gasteiger partial charge on any atom is 0.226 e. The van der Waals surface area contributed by atoms with Crippen LogP contribution in [-0.2, 0) is 10.6 Å². The lowest BCUT2D eigenvalue weighted by Gasteiger charge is -2.42. The third-order valence-corrected chi connectivity index (χ3v) is 6.23. The molecule has 0 unspecified atom stereocenters. The van der Waals surface area contributed by atoms with Crippen LogP contribution >= 0.6 is 0 Å². The maximum atomic E-state index is 6.38. The van der Waals surface area contributed by atoms with Gasteiger partial charge in [0.05, 0.1) is 11.6 Å². The van der Waals surface area contributed by atoms with E-state index in [1.807, 2.05) is 0 Å². The third-order valence-electron chi connectivity index (χ3n) is 6.23. The van der Waals surface area contributed by atoms with Crippen LogP contribution in [0.5, 0.6) is 0 Å². The number of likely N-dealkylation sites (tertiary alicyclic amines) is 1. The molecule has 0 spiro atoms. The molecule has 128 valence electrons. The molecular formula is C22H24N2O. The fourth-order valence-electron chi connectivity index (χ4n) is 5.10. The normalized spacial score (nSPS) is 31.2. The number of oxime groups is 1. The van der Waals surface area contributed by atoms with Gasteiger partial charge in [-0.1, -0.05) is 73.1 Å². The van der Waals surface area contributed by atoms with Gasteiger partial charge >= 0.3 is 0 Å². The number of rotatable bonds is 2. The van der Waals surface area contributed by atoms with Gasteiger partial charge in [0, 0.05) is 18.7 Å². The van der Waals surface area contributed by atoms with Gasteiger partial charge in [-0.15, -0.1) is 0 Å². The largest absolute Gasteiger partial charge is 0.367 e. The summed E-state index contributed by atoms with van der Waals surface area (Å²) < 4.78 is 0. The van der Waals surface area contributed by atoms with Gasteiger partial charge in [-0.05, 0) is 29.9 Å². The molecule has 1 aliphatic carbocycles. The van der Waals surface area contributed by atoms with Crippen molar-refractivity contribution in [3.05, 3.63) is 71.3 Å². The van der Waals surface area contributed by atoms with Crippen molar-refractivity contribution in [2.75, 3.05) is 13.1 Å². The van der Waals surface area contributed by atoms with Crippen molar-refractivity contribution < 1.29 is 4.84 Å².